The van der Waals surface area contributed by atoms with Crippen LogP contribution < -0.4 is 10.1 Å². The zero-order valence-corrected chi connectivity index (χ0v) is 18.7. The molecule has 0 spiro atoms. The Morgan fingerprint density at radius 3 is 2.52 bits per heavy atom. The van der Waals surface area contributed by atoms with Crippen LogP contribution in [0.25, 0.3) is 11.3 Å². The molecule has 1 amide bonds. The second-order valence-electron chi connectivity index (χ2n) is 7.24. The number of carbonyl (C=O) groups is 1. The second kappa shape index (κ2) is 9.78. The first-order valence-corrected chi connectivity index (χ1v) is 11.6. The maximum atomic E-state index is 13.0. The lowest BCUT2D eigenvalue weighted by Crippen LogP contribution is -2.27. The Morgan fingerprint density at radius 2 is 1.87 bits per heavy atom. The summed E-state index contributed by atoms with van der Waals surface area (Å²) in [7, 11) is -2.35. The van der Waals surface area contributed by atoms with Gasteiger partial charge in [-0.2, -0.15) is 0 Å². The molecule has 0 aliphatic rings. The van der Waals surface area contributed by atoms with Gasteiger partial charge in [-0.05, 0) is 44.0 Å². The van der Waals surface area contributed by atoms with Crippen molar-refractivity contribution < 1.29 is 22.5 Å². The van der Waals surface area contributed by atoms with E-state index in [1.54, 1.807) is 12.1 Å². The van der Waals surface area contributed by atoms with Gasteiger partial charge in [-0.25, -0.2) is 8.42 Å². The van der Waals surface area contributed by atoms with Gasteiger partial charge in [0, 0.05) is 24.1 Å². The molecule has 31 heavy (non-hydrogen) atoms. The van der Waals surface area contributed by atoms with Crippen molar-refractivity contribution >= 4 is 15.7 Å². The van der Waals surface area contributed by atoms with E-state index in [0.29, 0.717) is 24.3 Å². The number of nitrogens with one attached hydrogen (secondary N) is 1. The smallest absolute Gasteiger partial charge is 0.221 e. The molecule has 7 nitrogen and oxygen atoms in total. The molecule has 1 N–H and O–H groups in total. The number of benzene rings is 2. The summed E-state index contributed by atoms with van der Waals surface area (Å²) in [6.45, 7) is 4.13. The molecule has 0 aliphatic heterocycles. The van der Waals surface area contributed by atoms with Crippen molar-refractivity contribution in [3.05, 3.63) is 65.4 Å². The van der Waals surface area contributed by atoms with Gasteiger partial charge in [0.25, 0.3) is 0 Å². The SMILES string of the molecule is COc1ccc(-c2onc(C)c2C)cc1S(=O)(=O)CCC(=O)NCCc1ccccc1. The third-order valence-electron chi connectivity index (χ3n) is 5.09. The predicted molar refractivity (Wildman–Crippen MR) is 118 cm³/mol. The normalized spacial score (nSPS) is 11.3. The summed E-state index contributed by atoms with van der Waals surface area (Å²) in [5.74, 6) is 0.104. The second-order valence-corrected chi connectivity index (χ2v) is 9.32. The predicted octanol–water partition coefficient (Wildman–Crippen LogP) is 3.49. The summed E-state index contributed by atoms with van der Waals surface area (Å²) in [5.41, 5.74) is 3.27. The monoisotopic (exact) mass is 442 g/mol. The van der Waals surface area contributed by atoms with Crippen LogP contribution in [0.15, 0.2) is 57.9 Å². The summed E-state index contributed by atoms with van der Waals surface area (Å²) < 4.78 is 36.6. The van der Waals surface area contributed by atoms with Gasteiger partial charge in [-0.1, -0.05) is 35.5 Å². The molecular weight excluding hydrogens is 416 g/mol. The first-order chi connectivity index (χ1) is 14.8. The Hall–Kier alpha value is -3.13. The molecule has 0 saturated carbocycles. The standard InChI is InChI=1S/C23H26N2O5S/c1-16-17(2)25-30-23(16)19-9-10-20(29-3)21(15-19)31(27,28)14-12-22(26)24-13-11-18-7-5-4-6-8-18/h4-10,15H,11-14H2,1-3H3,(H,24,26). The van der Waals surface area contributed by atoms with E-state index in [4.69, 9.17) is 9.26 Å². The van der Waals surface area contributed by atoms with Crippen LogP contribution in [0.3, 0.4) is 0 Å². The van der Waals surface area contributed by atoms with E-state index in [1.807, 2.05) is 44.2 Å². The fourth-order valence-corrected chi connectivity index (χ4v) is 4.60. The van der Waals surface area contributed by atoms with Crippen LogP contribution in [0.5, 0.6) is 5.75 Å². The quantitative estimate of drug-likeness (QED) is 0.545. The third kappa shape index (κ3) is 5.52. The van der Waals surface area contributed by atoms with Gasteiger partial charge in [0.05, 0.1) is 18.6 Å². The summed E-state index contributed by atoms with van der Waals surface area (Å²) in [4.78, 5) is 12.2. The Labute approximate surface area is 182 Å². The van der Waals surface area contributed by atoms with Crippen molar-refractivity contribution in [2.24, 2.45) is 0 Å². The number of aromatic nitrogens is 1. The molecule has 8 heteroatoms. The van der Waals surface area contributed by atoms with Crippen LogP contribution in [-0.2, 0) is 21.1 Å². The number of carbonyl (C=O) groups excluding carboxylic acids is 1. The lowest BCUT2D eigenvalue weighted by Gasteiger charge is -2.11. The van der Waals surface area contributed by atoms with E-state index < -0.39 is 9.84 Å². The van der Waals surface area contributed by atoms with E-state index in [-0.39, 0.29) is 28.7 Å². The maximum absolute atomic E-state index is 13.0. The van der Waals surface area contributed by atoms with E-state index in [1.165, 1.54) is 13.2 Å². The number of sulfone groups is 1. The minimum atomic E-state index is -3.76. The van der Waals surface area contributed by atoms with Crippen molar-refractivity contribution in [3.63, 3.8) is 0 Å². The summed E-state index contributed by atoms with van der Waals surface area (Å²) in [6, 6.07) is 14.6. The Morgan fingerprint density at radius 1 is 1.13 bits per heavy atom. The van der Waals surface area contributed by atoms with Crippen LogP contribution in [0.4, 0.5) is 0 Å². The van der Waals surface area contributed by atoms with Gasteiger partial charge in [0.2, 0.25) is 5.91 Å². The number of hydrogen-bond acceptors (Lipinski definition) is 6. The molecular formula is C23H26N2O5S. The van der Waals surface area contributed by atoms with Gasteiger partial charge in [-0.3, -0.25) is 4.79 Å². The molecule has 0 radical (unpaired) electrons. The zero-order chi connectivity index (χ0) is 22.4. The maximum Gasteiger partial charge on any atom is 0.221 e. The molecule has 3 rings (SSSR count). The Kier molecular flexibility index (Phi) is 7.12. The number of rotatable bonds is 9. The lowest BCUT2D eigenvalue weighted by molar-refractivity contribution is -0.120. The molecule has 3 aromatic rings. The molecule has 0 fully saturated rings. The highest BCUT2D eigenvalue weighted by molar-refractivity contribution is 7.91. The molecule has 0 aliphatic carbocycles. The number of aryl methyl sites for hydroxylation is 1. The summed E-state index contributed by atoms with van der Waals surface area (Å²) >= 11 is 0. The van der Waals surface area contributed by atoms with Crippen LogP contribution in [0.2, 0.25) is 0 Å². The van der Waals surface area contributed by atoms with Crippen molar-refractivity contribution in [3.8, 4) is 17.1 Å². The summed E-state index contributed by atoms with van der Waals surface area (Å²) in [5, 5.41) is 6.70. The topological polar surface area (TPSA) is 98.5 Å². The van der Waals surface area contributed by atoms with E-state index in [2.05, 4.69) is 10.5 Å². The van der Waals surface area contributed by atoms with Crippen molar-refractivity contribution in [1.29, 1.82) is 0 Å². The molecule has 1 heterocycles. The van der Waals surface area contributed by atoms with E-state index >= 15 is 0 Å². The number of ether oxygens (including phenoxy) is 1. The number of hydrogen-bond donors (Lipinski definition) is 1. The lowest BCUT2D eigenvalue weighted by atomic mass is 10.1. The molecule has 0 unspecified atom stereocenters. The number of nitrogens with zero attached hydrogens (tertiary/aromatic N) is 1. The average Bonchev–Trinajstić information content (AvgIpc) is 3.11. The molecule has 164 valence electrons. The Bertz CT molecular complexity index is 1150. The van der Waals surface area contributed by atoms with Crippen LogP contribution >= 0.6 is 0 Å². The van der Waals surface area contributed by atoms with E-state index in [0.717, 1.165) is 16.8 Å². The first-order valence-electron chi connectivity index (χ1n) is 9.96. The summed E-state index contributed by atoms with van der Waals surface area (Å²) in [6.07, 6.45) is 0.552. The van der Waals surface area contributed by atoms with Gasteiger partial charge in [0.15, 0.2) is 15.6 Å². The highest BCUT2D eigenvalue weighted by atomic mass is 32.2. The minimum absolute atomic E-state index is 0.0260. The van der Waals surface area contributed by atoms with Gasteiger partial charge in [0.1, 0.15) is 10.6 Å². The Balaban J connectivity index is 1.68. The zero-order valence-electron chi connectivity index (χ0n) is 17.8. The van der Waals surface area contributed by atoms with Gasteiger partial charge >= 0.3 is 0 Å². The number of amides is 1. The number of methoxy groups -OCH3 is 1. The first kappa shape index (κ1) is 22.6. The van der Waals surface area contributed by atoms with Crippen LogP contribution in [0.1, 0.15) is 23.2 Å². The largest absolute Gasteiger partial charge is 0.495 e. The fourth-order valence-electron chi connectivity index (χ4n) is 3.16. The minimum Gasteiger partial charge on any atom is -0.495 e. The van der Waals surface area contributed by atoms with Crippen molar-refractivity contribution in [1.82, 2.24) is 10.5 Å². The highest BCUT2D eigenvalue weighted by Gasteiger charge is 2.23. The molecule has 0 saturated heterocycles. The highest BCUT2D eigenvalue weighted by Crippen LogP contribution is 2.33. The van der Waals surface area contributed by atoms with Crippen molar-refractivity contribution in [2.75, 3.05) is 19.4 Å². The fraction of sp³-hybridized carbons (Fsp3) is 0.304. The van der Waals surface area contributed by atoms with Crippen LogP contribution in [-0.4, -0.2) is 38.9 Å². The van der Waals surface area contributed by atoms with Gasteiger partial charge < -0.3 is 14.6 Å². The molecule has 0 bridgehead atoms. The third-order valence-corrected chi connectivity index (χ3v) is 6.83. The molecule has 2 aromatic carbocycles. The van der Waals surface area contributed by atoms with Gasteiger partial charge in [-0.15, -0.1) is 0 Å². The molecule has 0 atom stereocenters. The van der Waals surface area contributed by atoms with E-state index in [9.17, 15) is 13.2 Å². The average molecular weight is 443 g/mol. The molecule has 1 aromatic heterocycles. The van der Waals surface area contributed by atoms with Crippen LogP contribution in [0, 0.1) is 13.8 Å². The van der Waals surface area contributed by atoms with Crippen molar-refractivity contribution in [2.45, 2.75) is 31.6 Å².